The van der Waals surface area contributed by atoms with E-state index < -0.39 is 5.97 Å². The third-order valence-electron chi connectivity index (χ3n) is 6.39. The van der Waals surface area contributed by atoms with Gasteiger partial charge >= 0.3 is 5.97 Å². The Bertz CT molecular complexity index is 1570. The lowest BCUT2D eigenvalue weighted by Gasteiger charge is -2.23. The number of carboxylic acids is 1. The number of hydrogen-bond donors (Lipinski definition) is 2. The molecule has 0 aliphatic heterocycles. The highest BCUT2D eigenvalue weighted by Gasteiger charge is 2.25. The molecular formula is C31H26Cl2N2O3S. The van der Waals surface area contributed by atoms with Crippen LogP contribution >= 0.6 is 34.5 Å². The molecule has 0 saturated heterocycles. The fraction of sp³-hybridized carbons (Fsp3) is 0.194. The van der Waals surface area contributed by atoms with Crippen LogP contribution in [0.1, 0.15) is 48.8 Å². The van der Waals surface area contributed by atoms with Crippen LogP contribution in [-0.2, 0) is 9.59 Å². The Morgan fingerprint density at radius 2 is 1.95 bits per heavy atom. The first kappa shape index (κ1) is 28.4. The second kappa shape index (κ2) is 12.9. The number of benzene rings is 2. The van der Waals surface area contributed by atoms with Crippen LogP contribution in [0.3, 0.4) is 0 Å². The number of thiophene rings is 1. The van der Waals surface area contributed by atoms with Gasteiger partial charge in [-0.2, -0.15) is 5.26 Å². The van der Waals surface area contributed by atoms with E-state index in [4.69, 9.17) is 28.3 Å². The van der Waals surface area contributed by atoms with E-state index in [-0.39, 0.29) is 24.8 Å². The molecule has 1 aliphatic rings. The first-order valence-corrected chi connectivity index (χ1v) is 14.1. The van der Waals surface area contributed by atoms with Crippen molar-refractivity contribution in [2.45, 2.75) is 32.1 Å². The molecule has 198 valence electrons. The SMILES string of the molecule is CC/C=C(\C1=CC=C(C(=O)NCCC(=O)O)CC=C1)C(c1ccc(Cl)cc1)c1csc2c(C#N)cc(Cl)cc12. The number of nitrogens with one attached hydrogen (secondary N) is 1. The minimum absolute atomic E-state index is 0.0733. The Balaban J connectivity index is 1.82. The summed E-state index contributed by atoms with van der Waals surface area (Å²) >= 11 is 14.2. The maximum Gasteiger partial charge on any atom is 0.305 e. The van der Waals surface area contributed by atoms with Gasteiger partial charge in [-0.25, -0.2) is 0 Å². The molecule has 3 aromatic rings. The maximum atomic E-state index is 12.6. The highest BCUT2D eigenvalue weighted by Crippen LogP contribution is 2.44. The second-order valence-electron chi connectivity index (χ2n) is 9.01. The Hall–Kier alpha value is -3.63. The Kier molecular flexibility index (Phi) is 9.42. The summed E-state index contributed by atoms with van der Waals surface area (Å²) in [6, 6.07) is 13.6. The zero-order valence-electron chi connectivity index (χ0n) is 21.2. The van der Waals surface area contributed by atoms with Gasteiger partial charge in [0, 0.05) is 28.1 Å². The predicted molar refractivity (Wildman–Crippen MR) is 158 cm³/mol. The van der Waals surface area contributed by atoms with Crippen LogP contribution in [-0.4, -0.2) is 23.5 Å². The van der Waals surface area contributed by atoms with Crippen molar-refractivity contribution in [3.05, 3.63) is 116 Å². The summed E-state index contributed by atoms with van der Waals surface area (Å²) in [5.74, 6) is -1.42. The number of aliphatic carboxylic acids is 1. The summed E-state index contributed by atoms with van der Waals surface area (Å²) in [7, 11) is 0. The molecule has 0 saturated carbocycles. The van der Waals surface area contributed by atoms with Crippen LogP contribution in [0, 0.1) is 11.3 Å². The molecule has 39 heavy (non-hydrogen) atoms. The molecule has 0 fully saturated rings. The lowest BCUT2D eigenvalue weighted by molar-refractivity contribution is -0.136. The van der Waals surface area contributed by atoms with Crippen molar-refractivity contribution in [3.63, 3.8) is 0 Å². The van der Waals surface area contributed by atoms with Gasteiger partial charge in [-0.3, -0.25) is 9.59 Å². The average Bonchev–Trinajstić information content (AvgIpc) is 3.16. The lowest BCUT2D eigenvalue weighted by atomic mass is 9.80. The Morgan fingerprint density at radius 3 is 2.64 bits per heavy atom. The van der Waals surface area contributed by atoms with Crippen molar-refractivity contribution in [3.8, 4) is 6.07 Å². The van der Waals surface area contributed by atoms with Crippen molar-refractivity contribution in [1.82, 2.24) is 5.32 Å². The summed E-state index contributed by atoms with van der Waals surface area (Å²) < 4.78 is 0.886. The van der Waals surface area contributed by atoms with E-state index in [0.29, 0.717) is 27.6 Å². The standard InChI is InChI=1S/C31H26Cl2N2O3S/c1-2-4-25(19-5-3-6-21(8-7-19)31(38)35-14-13-28(36)37)29(20-9-11-23(32)12-10-20)27-18-39-30-22(17-34)15-24(33)16-26(27)30/h3-5,7-12,15-16,18,29H,2,6,13-14H2,1H3,(H,35,38)(H,36,37)/b25-4+. The number of carboxylic acid groups (broad SMARTS) is 1. The number of rotatable bonds is 9. The average molecular weight is 578 g/mol. The van der Waals surface area contributed by atoms with E-state index >= 15 is 0 Å². The third-order valence-corrected chi connectivity index (χ3v) is 7.90. The van der Waals surface area contributed by atoms with Crippen molar-refractivity contribution < 1.29 is 14.7 Å². The number of fused-ring (bicyclic) bond motifs is 1. The first-order valence-electron chi connectivity index (χ1n) is 12.5. The van der Waals surface area contributed by atoms with Gasteiger partial charge in [-0.1, -0.05) is 72.6 Å². The van der Waals surface area contributed by atoms with E-state index in [2.05, 4.69) is 29.8 Å². The highest BCUT2D eigenvalue weighted by molar-refractivity contribution is 7.17. The molecule has 0 spiro atoms. The predicted octanol–water partition coefficient (Wildman–Crippen LogP) is 7.95. The van der Waals surface area contributed by atoms with Gasteiger partial charge in [0.1, 0.15) is 6.07 Å². The summed E-state index contributed by atoms with van der Waals surface area (Å²) in [5, 5.41) is 25.4. The minimum Gasteiger partial charge on any atom is -0.481 e. The van der Waals surface area contributed by atoms with Crippen molar-refractivity contribution in [2.75, 3.05) is 6.54 Å². The van der Waals surface area contributed by atoms with E-state index in [1.165, 1.54) is 11.3 Å². The Morgan fingerprint density at radius 1 is 1.18 bits per heavy atom. The summed E-state index contributed by atoms with van der Waals surface area (Å²) in [6.07, 6.45) is 10.9. The molecule has 0 radical (unpaired) electrons. The number of carbonyl (C=O) groups is 2. The van der Waals surface area contributed by atoms with Gasteiger partial charge in [-0.05, 0) is 70.1 Å². The largest absolute Gasteiger partial charge is 0.481 e. The molecule has 1 atom stereocenters. The number of nitrogens with zero attached hydrogens (tertiary/aromatic N) is 1. The number of allylic oxidation sites excluding steroid dienone is 7. The summed E-state index contributed by atoms with van der Waals surface area (Å²) in [5.41, 5.74) is 5.17. The molecule has 1 heterocycles. The van der Waals surface area contributed by atoms with Gasteiger partial charge in [0.05, 0.1) is 16.7 Å². The van der Waals surface area contributed by atoms with Crippen LogP contribution in [0.2, 0.25) is 10.0 Å². The molecule has 4 rings (SSSR count). The van der Waals surface area contributed by atoms with Crippen LogP contribution in [0.25, 0.3) is 10.1 Å². The van der Waals surface area contributed by atoms with Crippen molar-refractivity contribution in [2.24, 2.45) is 0 Å². The highest BCUT2D eigenvalue weighted by atomic mass is 35.5. The number of halogens is 2. The van der Waals surface area contributed by atoms with Crippen LogP contribution in [0.5, 0.6) is 0 Å². The van der Waals surface area contributed by atoms with Gasteiger partial charge in [-0.15, -0.1) is 11.3 Å². The van der Waals surface area contributed by atoms with Gasteiger partial charge in [0.25, 0.3) is 0 Å². The molecule has 2 N–H and O–H groups in total. The quantitative estimate of drug-likeness (QED) is 0.270. The Labute approximate surface area is 241 Å². The second-order valence-corrected chi connectivity index (χ2v) is 10.8. The molecule has 1 amide bonds. The fourth-order valence-corrected chi connectivity index (χ4v) is 6.00. The molecule has 5 nitrogen and oxygen atoms in total. The fourth-order valence-electron chi connectivity index (χ4n) is 4.62. The van der Waals surface area contributed by atoms with Crippen LogP contribution in [0.4, 0.5) is 0 Å². The number of carbonyl (C=O) groups excluding carboxylic acids is 1. The number of amides is 1. The van der Waals surface area contributed by atoms with E-state index in [1.54, 1.807) is 12.1 Å². The van der Waals surface area contributed by atoms with E-state index in [9.17, 15) is 14.9 Å². The van der Waals surface area contributed by atoms with Gasteiger partial charge < -0.3 is 10.4 Å². The zero-order chi connectivity index (χ0) is 27.9. The normalized spacial score (nSPS) is 14.3. The first-order chi connectivity index (χ1) is 18.8. The van der Waals surface area contributed by atoms with Crippen LogP contribution in [0.15, 0.2) is 88.9 Å². The molecule has 1 aromatic heterocycles. The molecule has 0 bridgehead atoms. The van der Waals surface area contributed by atoms with E-state index in [1.807, 2.05) is 48.6 Å². The molecule has 1 unspecified atom stereocenters. The summed E-state index contributed by atoms with van der Waals surface area (Å²) in [6.45, 7) is 2.15. The maximum absolute atomic E-state index is 12.6. The minimum atomic E-state index is -0.959. The van der Waals surface area contributed by atoms with E-state index in [0.717, 1.165) is 38.8 Å². The lowest BCUT2D eigenvalue weighted by Crippen LogP contribution is -2.27. The number of hydrogen-bond acceptors (Lipinski definition) is 4. The topological polar surface area (TPSA) is 90.2 Å². The molecular weight excluding hydrogens is 551 g/mol. The number of nitriles is 1. The van der Waals surface area contributed by atoms with Crippen molar-refractivity contribution in [1.29, 1.82) is 5.26 Å². The van der Waals surface area contributed by atoms with Gasteiger partial charge in [0.15, 0.2) is 0 Å². The molecule has 2 aromatic carbocycles. The monoisotopic (exact) mass is 576 g/mol. The smallest absolute Gasteiger partial charge is 0.305 e. The molecule has 8 heteroatoms. The van der Waals surface area contributed by atoms with Crippen molar-refractivity contribution >= 4 is 56.5 Å². The third kappa shape index (κ3) is 6.69. The molecule has 1 aliphatic carbocycles. The summed E-state index contributed by atoms with van der Waals surface area (Å²) in [4.78, 5) is 23.4. The van der Waals surface area contributed by atoms with Crippen LogP contribution < -0.4 is 5.32 Å². The zero-order valence-corrected chi connectivity index (χ0v) is 23.5. The van der Waals surface area contributed by atoms with Gasteiger partial charge in [0.2, 0.25) is 5.91 Å².